The number of aromatic nitrogens is 2. The summed E-state index contributed by atoms with van der Waals surface area (Å²) in [7, 11) is 0. The molecular formula is C14H12N4OS. The number of nitrogens with two attached hydrogens (primary N) is 2. The number of carbonyl (C=O) groups excluding carboxylic acids is 1. The molecular weight excluding hydrogens is 272 g/mol. The maximum absolute atomic E-state index is 11.3. The number of nitrogens with one attached hydrogen (secondary N) is 1. The van der Waals surface area contributed by atoms with Crippen LogP contribution in [0.3, 0.4) is 0 Å². The van der Waals surface area contributed by atoms with Crippen molar-refractivity contribution in [2.75, 3.05) is 5.73 Å². The summed E-state index contributed by atoms with van der Waals surface area (Å²) in [5.74, 6) is -0.411. The molecule has 0 aliphatic heterocycles. The Kier molecular flexibility index (Phi) is 2.80. The van der Waals surface area contributed by atoms with E-state index in [2.05, 4.69) is 4.98 Å². The maximum atomic E-state index is 11.3. The van der Waals surface area contributed by atoms with Crippen LogP contribution in [0.15, 0.2) is 42.5 Å². The normalized spacial score (nSPS) is 10.8. The van der Waals surface area contributed by atoms with E-state index in [1.165, 1.54) is 0 Å². The van der Waals surface area contributed by atoms with E-state index in [0.29, 0.717) is 4.77 Å². The van der Waals surface area contributed by atoms with Crippen LogP contribution >= 0.6 is 12.2 Å². The van der Waals surface area contributed by atoms with Crippen molar-refractivity contribution in [1.82, 2.24) is 9.55 Å². The van der Waals surface area contributed by atoms with Gasteiger partial charge in [0, 0.05) is 5.39 Å². The highest BCUT2D eigenvalue weighted by atomic mass is 32.1. The number of H-pyrrole nitrogens is 1. The van der Waals surface area contributed by atoms with Crippen LogP contribution in [0.2, 0.25) is 0 Å². The van der Waals surface area contributed by atoms with Crippen molar-refractivity contribution in [3.63, 3.8) is 0 Å². The lowest BCUT2D eigenvalue weighted by molar-refractivity contribution is 0.0997. The van der Waals surface area contributed by atoms with E-state index < -0.39 is 5.91 Å². The zero-order valence-corrected chi connectivity index (χ0v) is 11.3. The van der Waals surface area contributed by atoms with Crippen LogP contribution in [0.5, 0.6) is 0 Å². The molecule has 100 valence electrons. The van der Waals surface area contributed by atoms with Gasteiger partial charge in [-0.2, -0.15) is 0 Å². The van der Waals surface area contributed by atoms with Gasteiger partial charge in [-0.05, 0) is 23.7 Å². The minimum atomic E-state index is -0.632. The SMILES string of the molecule is NC(=O)c1[nH]c(=S)n(-c2cccc3ccccc23)c1N. The van der Waals surface area contributed by atoms with Crippen LogP contribution in [-0.4, -0.2) is 15.5 Å². The largest absolute Gasteiger partial charge is 0.383 e. The Hall–Kier alpha value is -2.60. The minimum absolute atomic E-state index is 0.128. The number of anilines is 1. The van der Waals surface area contributed by atoms with Crippen molar-refractivity contribution < 1.29 is 4.79 Å². The predicted molar refractivity (Wildman–Crippen MR) is 81.4 cm³/mol. The lowest BCUT2D eigenvalue weighted by Gasteiger charge is -2.09. The fourth-order valence-electron chi connectivity index (χ4n) is 2.28. The quantitative estimate of drug-likeness (QED) is 0.631. The molecule has 1 heterocycles. The number of hydrogen-bond acceptors (Lipinski definition) is 3. The van der Waals surface area contributed by atoms with Crippen molar-refractivity contribution in [2.24, 2.45) is 5.73 Å². The second kappa shape index (κ2) is 4.50. The highest BCUT2D eigenvalue weighted by Gasteiger charge is 2.15. The van der Waals surface area contributed by atoms with Crippen LogP contribution in [0.1, 0.15) is 10.5 Å². The standard InChI is InChI=1S/C14H12N4OS/c15-12-11(13(16)19)17-14(20)18(12)10-7-3-5-8-4-1-2-6-9(8)10/h1-7H,15H2,(H2,16,19)(H,17,20). The average molecular weight is 284 g/mol. The first-order chi connectivity index (χ1) is 9.59. The molecule has 0 spiro atoms. The van der Waals surface area contributed by atoms with E-state index in [4.69, 9.17) is 23.7 Å². The first kappa shape index (κ1) is 12.4. The molecule has 0 atom stereocenters. The minimum Gasteiger partial charge on any atom is -0.383 e. The van der Waals surface area contributed by atoms with Gasteiger partial charge in [0.2, 0.25) is 0 Å². The number of fused-ring (bicyclic) bond motifs is 1. The zero-order valence-electron chi connectivity index (χ0n) is 10.5. The lowest BCUT2D eigenvalue weighted by atomic mass is 10.1. The Morgan fingerprint density at radius 3 is 2.55 bits per heavy atom. The Labute approximate surface area is 119 Å². The third-order valence-electron chi connectivity index (χ3n) is 3.19. The molecule has 0 aliphatic rings. The molecule has 0 unspecified atom stereocenters. The molecule has 1 amide bonds. The van der Waals surface area contributed by atoms with Gasteiger partial charge >= 0.3 is 0 Å². The second-order valence-electron chi connectivity index (χ2n) is 4.39. The molecule has 3 rings (SSSR count). The molecule has 6 heteroatoms. The molecule has 0 fully saturated rings. The van der Waals surface area contributed by atoms with E-state index in [1.807, 2.05) is 42.5 Å². The first-order valence-electron chi connectivity index (χ1n) is 5.98. The van der Waals surface area contributed by atoms with Crippen LogP contribution < -0.4 is 11.5 Å². The molecule has 1 aromatic heterocycles. The van der Waals surface area contributed by atoms with Gasteiger partial charge < -0.3 is 16.5 Å². The number of aromatic amines is 1. The fourth-order valence-corrected chi connectivity index (χ4v) is 2.58. The summed E-state index contributed by atoms with van der Waals surface area (Å²) < 4.78 is 1.96. The lowest BCUT2D eigenvalue weighted by Crippen LogP contribution is -2.14. The summed E-state index contributed by atoms with van der Waals surface area (Å²) in [4.78, 5) is 14.1. The molecule has 0 bridgehead atoms. The molecule has 0 saturated carbocycles. The number of nitrogen functional groups attached to an aromatic ring is 1. The van der Waals surface area contributed by atoms with Crippen molar-refractivity contribution in [2.45, 2.75) is 0 Å². The van der Waals surface area contributed by atoms with Crippen molar-refractivity contribution in [3.8, 4) is 5.69 Å². The Balaban J connectivity index is 2.38. The van der Waals surface area contributed by atoms with Gasteiger partial charge in [0.05, 0.1) is 5.69 Å². The van der Waals surface area contributed by atoms with Crippen molar-refractivity contribution in [3.05, 3.63) is 52.9 Å². The fraction of sp³-hybridized carbons (Fsp3) is 0. The summed E-state index contributed by atoms with van der Waals surface area (Å²) in [5.41, 5.74) is 12.2. The van der Waals surface area contributed by atoms with Gasteiger partial charge in [0.1, 0.15) is 11.5 Å². The molecule has 5 nitrogen and oxygen atoms in total. The summed E-state index contributed by atoms with van der Waals surface area (Å²) in [6.07, 6.45) is 0. The maximum Gasteiger partial charge on any atom is 0.268 e. The number of carbonyl (C=O) groups is 1. The van der Waals surface area contributed by atoms with Gasteiger partial charge in [-0.15, -0.1) is 0 Å². The van der Waals surface area contributed by atoms with E-state index in [-0.39, 0.29) is 11.5 Å². The molecule has 2 aromatic carbocycles. The summed E-state index contributed by atoms with van der Waals surface area (Å²) in [6, 6.07) is 13.7. The Morgan fingerprint density at radius 1 is 1.15 bits per heavy atom. The second-order valence-corrected chi connectivity index (χ2v) is 4.78. The molecule has 20 heavy (non-hydrogen) atoms. The Morgan fingerprint density at radius 2 is 1.85 bits per heavy atom. The van der Waals surface area contributed by atoms with Crippen molar-refractivity contribution in [1.29, 1.82) is 0 Å². The van der Waals surface area contributed by atoms with Gasteiger partial charge in [-0.3, -0.25) is 9.36 Å². The molecule has 3 aromatic rings. The van der Waals surface area contributed by atoms with E-state index >= 15 is 0 Å². The van der Waals surface area contributed by atoms with Crippen LogP contribution in [-0.2, 0) is 0 Å². The van der Waals surface area contributed by atoms with Gasteiger partial charge in [0.25, 0.3) is 5.91 Å². The Bertz CT molecular complexity index is 873. The van der Waals surface area contributed by atoms with Crippen LogP contribution in [0.25, 0.3) is 16.5 Å². The van der Waals surface area contributed by atoms with Gasteiger partial charge in [-0.1, -0.05) is 36.4 Å². The van der Waals surface area contributed by atoms with Crippen molar-refractivity contribution >= 4 is 34.7 Å². The summed E-state index contributed by atoms with van der Waals surface area (Å²) >= 11 is 5.24. The number of rotatable bonds is 2. The third-order valence-corrected chi connectivity index (χ3v) is 3.47. The first-order valence-corrected chi connectivity index (χ1v) is 6.39. The van der Waals surface area contributed by atoms with E-state index in [0.717, 1.165) is 16.5 Å². The molecule has 5 N–H and O–H groups in total. The topological polar surface area (TPSA) is 89.8 Å². The number of amides is 1. The number of nitrogens with zero attached hydrogens (tertiary/aromatic N) is 1. The number of primary amides is 1. The van der Waals surface area contributed by atoms with E-state index in [9.17, 15) is 4.79 Å². The summed E-state index contributed by atoms with van der Waals surface area (Å²) in [5, 5.41) is 2.06. The third kappa shape index (κ3) is 1.78. The zero-order chi connectivity index (χ0) is 14.3. The number of benzene rings is 2. The monoisotopic (exact) mass is 284 g/mol. The molecule has 0 aliphatic carbocycles. The smallest absolute Gasteiger partial charge is 0.268 e. The predicted octanol–water partition coefficient (Wildman–Crippen LogP) is 2.37. The average Bonchev–Trinajstić information content (AvgIpc) is 2.74. The van der Waals surface area contributed by atoms with Crippen LogP contribution in [0, 0.1) is 4.77 Å². The number of hydrogen-bond donors (Lipinski definition) is 3. The van der Waals surface area contributed by atoms with Gasteiger partial charge in [-0.25, -0.2) is 0 Å². The molecule has 0 radical (unpaired) electrons. The molecule has 0 saturated heterocycles. The summed E-state index contributed by atoms with van der Waals surface area (Å²) in [6.45, 7) is 0. The number of imidazole rings is 1. The highest BCUT2D eigenvalue weighted by molar-refractivity contribution is 7.71. The van der Waals surface area contributed by atoms with E-state index in [1.54, 1.807) is 4.57 Å². The van der Waals surface area contributed by atoms with Crippen LogP contribution in [0.4, 0.5) is 5.82 Å². The van der Waals surface area contributed by atoms with Gasteiger partial charge in [0.15, 0.2) is 4.77 Å². The highest BCUT2D eigenvalue weighted by Crippen LogP contribution is 2.26.